The summed E-state index contributed by atoms with van der Waals surface area (Å²) in [5, 5.41) is 23.7. The van der Waals surface area contributed by atoms with Gasteiger partial charge in [-0.3, -0.25) is 9.59 Å². The number of hydrogen-bond acceptors (Lipinski definition) is 6. The van der Waals surface area contributed by atoms with Crippen LogP contribution in [0.5, 0.6) is 0 Å². The number of rotatable bonds is 2. The molecule has 4 fully saturated rings. The minimum absolute atomic E-state index is 0.0754. The van der Waals surface area contributed by atoms with Crippen LogP contribution in [-0.2, 0) is 19.1 Å². The number of methoxy groups -OCH3 is 1. The molecule has 6 nitrogen and oxygen atoms in total. The standard InChI is InChI=1S/C23H36O6/c1-14(24)29-15-5-9-20(2)16-6-10-21(3)18(19(25)28-4)8-12-23(21,27)17(16)7-11-22(20,26)13-15/h15-18,26-27H,5-13H2,1-4H3/t15-,16?,17?,18+,20+,21+,22-,23-/m0/s1. The summed E-state index contributed by atoms with van der Waals surface area (Å²) in [5.74, 6) is -0.479. The topological polar surface area (TPSA) is 93.1 Å². The highest BCUT2D eigenvalue weighted by Gasteiger charge is 2.70. The third-order valence-corrected chi connectivity index (χ3v) is 9.77. The molecular formula is C23H36O6. The lowest BCUT2D eigenvalue weighted by molar-refractivity contribution is -0.257. The van der Waals surface area contributed by atoms with Crippen molar-refractivity contribution < 1.29 is 29.3 Å². The zero-order valence-electron chi connectivity index (χ0n) is 18.2. The smallest absolute Gasteiger partial charge is 0.309 e. The number of esters is 2. The minimum Gasteiger partial charge on any atom is -0.469 e. The summed E-state index contributed by atoms with van der Waals surface area (Å²) in [6, 6.07) is 0. The lowest BCUT2D eigenvalue weighted by Gasteiger charge is -2.65. The lowest BCUT2D eigenvalue weighted by atomic mass is 9.42. The molecule has 4 aliphatic carbocycles. The quantitative estimate of drug-likeness (QED) is 0.683. The highest BCUT2D eigenvalue weighted by molar-refractivity contribution is 5.74. The van der Waals surface area contributed by atoms with Crippen LogP contribution in [0.3, 0.4) is 0 Å². The van der Waals surface area contributed by atoms with E-state index in [0.29, 0.717) is 25.7 Å². The van der Waals surface area contributed by atoms with Crippen LogP contribution in [0.2, 0.25) is 0 Å². The molecule has 4 saturated carbocycles. The molecule has 0 bridgehead atoms. The highest BCUT2D eigenvalue weighted by atomic mass is 16.5. The van der Waals surface area contributed by atoms with Crippen LogP contribution in [-0.4, -0.2) is 46.6 Å². The van der Waals surface area contributed by atoms with Gasteiger partial charge in [0.15, 0.2) is 0 Å². The van der Waals surface area contributed by atoms with Gasteiger partial charge in [-0.05, 0) is 68.6 Å². The van der Waals surface area contributed by atoms with Crippen molar-refractivity contribution in [2.75, 3.05) is 7.11 Å². The van der Waals surface area contributed by atoms with Crippen molar-refractivity contribution >= 4 is 11.9 Å². The monoisotopic (exact) mass is 408 g/mol. The Kier molecular flexibility index (Phi) is 4.86. The summed E-state index contributed by atoms with van der Waals surface area (Å²) in [6.07, 6.45) is 6.08. The fourth-order valence-electron chi connectivity index (χ4n) is 8.04. The van der Waals surface area contributed by atoms with Crippen molar-refractivity contribution in [1.29, 1.82) is 0 Å². The Morgan fingerprint density at radius 3 is 2.21 bits per heavy atom. The molecule has 0 radical (unpaired) electrons. The Morgan fingerprint density at radius 2 is 1.55 bits per heavy atom. The molecule has 8 atom stereocenters. The summed E-state index contributed by atoms with van der Waals surface area (Å²) >= 11 is 0. The molecule has 29 heavy (non-hydrogen) atoms. The van der Waals surface area contributed by atoms with Crippen molar-refractivity contribution in [1.82, 2.24) is 0 Å². The van der Waals surface area contributed by atoms with Crippen molar-refractivity contribution in [3.8, 4) is 0 Å². The van der Waals surface area contributed by atoms with Crippen LogP contribution < -0.4 is 0 Å². The number of hydrogen-bond donors (Lipinski definition) is 2. The molecule has 0 saturated heterocycles. The molecule has 0 spiro atoms. The van der Waals surface area contributed by atoms with Crippen molar-refractivity contribution in [2.45, 2.75) is 95.9 Å². The van der Waals surface area contributed by atoms with Crippen molar-refractivity contribution in [2.24, 2.45) is 28.6 Å². The van der Waals surface area contributed by atoms with Gasteiger partial charge >= 0.3 is 11.9 Å². The zero-order chi connectivity index (χ0) is 21.2. The third kappa shape index (κ3) is 2.74. The third-order valence-electron chi connectivity index (χ3n) is 9.77. The predicted molar refractivity (Wildman–Crippen MR) is 106 cm³/mol. The molecule has 0 aliphatic heterocycles. The number of fused-ring (bicyclic) bond motifs is 5. The second-order valence-electron chi connectivity index (χ2n) is 10.7. The molecule has 0 amide bonds. The fourth-order valence-corrected chi connectivity index (χ4v) is 8.04. The number of aliphatic hydroxyl groups is 2. The second kappa shape index (κ2) is 6.68. The van der Waals surface area contributed by atoms with E-state index in [9.17, 15) is 19.8 Å². The normalized spacial score (nSPS) is 51.4. The average molecular weight is 409 g/mol. The number of carbonyl (C=O) groups is 2. The van der Waals surface area contributed by atoms with Gasteiger partial charge in [-0.2, -0.15) is 0 Å². The molecule has 164 valence electrons. The average Bonchev–Trinajstić information content (AvgIpc) is 2.93. The Hall–Kier alpha value is -1.14. The zero-order valence-corrected chi connectivity index (χ0v) is 18.2. The van der Waals surface area contributed by atoms with Gasteiger partial charge in [0.2, 0.25) is 0 Å². The van der Waals surface area contributed by atoms with Gasteiger partial charge in [-0.25, -0.2) is 0 Å². The molecular weight excluding hydrogens is 372 g/mol. The molecule has 6 heteroatoms. The van der Waals surface area contributed by atoms with Gasteiger partial charge < -0.3 is 19.7 Å². The van der Waals surface area contributed by atoms with E-state index in [-0.39, 0.29) is 41.2 Å². The van der Waals surface area contributed by atoms with Crippen molar-refractivity contribution in [3.05, 3.63) is 0 Å². The first kappa shape index (κ1) is 21.1. The largest absolute Gasteiger partial charge is 0.469 e. The summed E-state index contributed by atoms with van der Waals surface area (Å²) in [6.45, 7) is 5.66. The summed E-state index contributed by atoms with van der Waals surface area (Å²) in [5.41, 5.74) is -2.56. The van der Waals surface area contributed by atoms with Crippen LogP contribution >= 0.6 is 0 Å². The maximum Gasteiger partial charge on any atom is 0.309 e. The summed E-state index contributed by atoms with van der Waals surface area (Å²) in [4.78, 5) is 23.9. The second-order valence-corrected chi connectivity index (χ2v) is 10.7. The molecule has 4 aliphatic rings. The number of carbonyl (C=O) groups excluding carboxylic acids is 2. The molecule has 0 heterocycles. The predicted octanol–water partition coefficient (Wildman–Crippen LogP) is 2.98. The first-order valence-electron chi connectivity index (χ1n) is 11.2. The Labute approximate surface area is 173 Å². The van der Waals surface area contributed by atoms with Gasteiger partial charge in [0.25, 0.3) is 0 Å². The summed E-state index contributed by atoms with van der Waals surface area (Å²) < 4.78 is 10.5. The van der Waals surface area contributed by atoms with Crippen LogP contribution in [0, 0.1) is 28.6 Å². The maximum absolute atomic E-state index is 12.4. The van der Waals surface area contributed by atoms with E-state index in [1.807, 2.05) is 0 Å². The van der Waals surface area contributed by atoms with Gasteiger partial charge in [0.1, 0.15) is 6.10 Å². The molecule has 2 unspecified atom stereocenters. The van der Waals surface area contributed by atoms with E-state index >= 15 is 0 Å². The van der Waals surface area contributed by atoms with Crippen LogP contribution in [0.25, 0.3) is 0 Å². The van der Waals surface area contributed by atoms with Gasteiger partial charge in [-0.15, -0.1) is 0 Å². The van der Waals surface area contributed by atoms with E-state index in [2.05, 4.69) is 13.8 Å². The SMILES string of the molecule is COC(=O)[C@H]1CC[C@]2(O)C3CC[C@]4(O)C[C@@H](OC(C)=O)CC[C@]4(C)C3CC[C@]12C. The van der Waals surface area contributed by atoms with E-state index in [4.69, 9.17) is 9.47 Å². The Morgan fingerprint density at radius 1 is 0.897 bits per heavy atom. The van der Waals surface area contributed by atoms with E-state index in [1.54, 1.807) is 0 Å². The highest BCUT2D eigenvalue weighted by Crippen LogP contribution is 2.69. The van der Waals surface area contributed by atoms with Crippen molar-refractivity contribution in [3.63, 3.8) is 0 Å². The summed E-state index contributed by atoms with van der Waals surface area (Å²) in [7, 11) is 1.43. The first-order chi connectivity index (χ1) is 13.5. The molecule has 0 aromatic heterocycles. The van der Waals surface area contributed by atoms with Gasteiger partial charge in [-0.1, -0.05) is 13.8 Å². The molecule has 2 N–H and O–H groups in total. The fraction of sp³-hybridized carbons (Fsp3) is 0.913. The van der Waals surface area contributed by atoms with E-state index in [0.717, 1.165) is 32.1 Å². The van der Waals surface area contributed by atoms with Crippen LogP contribution in [0.15, 0.2) is 0 Å². The lowest BCUT2D eigenvalue weighted by Crippen LogP contribution is -2.67. The Balaban J connectivity index is 1.63. The first-order valence-corrected chi connectivity index (χ1v) is 11.2. The van der Waals surface area contributed by atoms with Gasteiger partial charge in [0, 0.05) is 18.8 Å². The molecule has 4 rings (SSSR count). The molecule has 0 aromatic carbocycles. The van der Waals surface area contributed by atoms with Crippen LogP contribution in [0.1, 0.15) is 78.6 Å². The van der Waals surface area contributed by atoms with E-state index < -0.39 is 16.6 Å². The van der Waals surface area contributed by atoms with Gasteiger partial charge in [0.05, 0.1) is 24.2 Å². The van der Waals surface area contributed by atoms with Crippen LogP contribution in [0.4, 0.5) is 0 Å². The number of ether oxygens (including phenoxy) is 2. The van der Waals surface area contributed by atoms with E-state index in [1.165, 1.54) is 14.0 Å². The maximum atomic E-state index is 12.4. The Bertz CT molecular complexity index is 707. The molecule has 0 aromatic rings. The minimum atomic E-state index is -0.897.